The van der Waals surface area contributed by atoms with Gasteiger partial charge in [0.2, 0.25) is 5.91 Å². The first-order valence-electron chi connectivity index (χ1n) is 8.89. The Bertz CT molecular complexity index is 820. The molecule has 0 bridgehead atoms. The summed E-state index contributed by atoms with van der Waals surface area (Å²) in [7, 11) is 3.14. The highest BCUT2D eigenvalue weighted by molar-refractivity contribution is 7.12. The van der Waals surface area contributed by atoms with Crippen LogP contribution < -0.4 is 14.8 Å². The molecule has 0 saturated carbocycles. The first kappa shape index (κ1) is 19.2. The van der Waals surface area contributed by atoms with Gasteiger partial charge in [-0.05, 0) is 42.8 Å². The monoisotopic (exact) mass is 388 g/mol. The molecule has 1 aliphatic heterocycles. The molecule has 6 nitrogen and oxygen atoms in total. The van der Waals surface area contributed by atoms with E-state index in [0.717, 1.165) is 18.4 Å². The lowest BCUT2D eigenvalue weighted by atomic mass is 9.96. The molecule has 2 amide bonds. The lowest BCUT2D eigenvalue weighted by molar-refractivity contribution is -0.121. The number of aryl methyl sites for hydroxylation is 1. The summed E-state index contributed by atoms with van der Waals surface area (Å²) in [5.41, 5.74) is 1.59. The van der Waals surface area contributed by atoms with Gasteiger partial charge in [0.05, 0.1) is 25.0 Å². The number of nitrogens with one attached hydrogen (secondary N) is 1. The average Bonchev–Trinajstić information content (AvgIpc) is 3.23. The zero-order chi connectivity index (χ0) is 19.4. The summed E-state index contributed by atoms with van der Waals surface area (Å²) in [6.45, 7) is 3.04. The normalized spacial score (nSPS) is 16.7. The Balaban J connectivity index is 1.70. The van der Waals surface area contributed by atoms with Gasteiger partial charge in [-0.25, -0.2) is 0 Å². The Kier molecular flexibility index (Phi) is 6.01. The van der Waals surface area contributed by atoms with Crippen molar-refractivity contribution in [3.8, 4) is 11.5 Å². The first-order valence-corrected chi connectivity index (χ1v) is 9.77. The SMILES string of the molecule is COc1cc(C)c(NC(=O)C2CCCN(C(=O)c3cccs3)C2)cc1OC. The molecule has 1 aromatic carbocycles. The Hall–Kier alpha value is -2.54. The maximum atomic E-state index is 12.8. The van der Waals surface area contributed by atoms with Gasteiger partial charge in [-0.1, -0.05) is 6.07 Å². The van der Waals surface area contributed by atoms with Gasteiger partial charge in [0.1, 0.15) is 0 Å². The Morgan fingerprint density at radius 2 is 1.96 bits per heavy atom. The molecule has 144 valence electrons. The number of hydrogen-bond donors (Lipinski definition) is 1. The van der Waals surface area contributed by atoms with E-state index in [-0.39, 0.29) is 17.7 Å². The number of piperidine rings is 1. The number of amides is 2. The van der Waals surface area contributed by atoms with Crippen molar-refractivity contribution in [2.45, 2.75) is 19.8 Å². The molecule has 1 atom stereocenters. The zero-order valence-electron chi connectivity index (χ0n) is 15.8. The van der Waals surface area contributed by atoms with E-state index in [0.29, 0.717) is 35.2 Å². The van der Waals surface area contributed by atoms with Gasteiger partial charge in [-0.3, -0.25) is 9.59 Å². The summed E-state index contributed by atoms with van der Waals surface area (Å²) in [6.07, 6.45) is 1.59. The van der Waals surface area contributed by atoms with Crippen LogP contribution in [0.2, 0.25) is 0 Å². The molecule has 0 radical (unpaired) electrons. The zero-order valence-corrected chi connectivity index (χ0v) is 16.6. The maximum Gasteiger partial charge on any atom is 0.263 e. The molecule has 1 aliphatic rings. The van der Waals surface area contributed by atoms with Crippen molar-refractivity contribution >= 4 is 28.8 Å². The molecule has 1 saturated heterocycles. The van der Waals surface area contributed by atoms with E-state index in [1.807, 2.05) is 30.5 Å². The van der Waals surface area contributed by atoms with Gasteiger partial charge in [0.25, 0.3) is 5.91 Å². The Morgan fingerprint density at radius 3 is 2.63 bits per heavy atom. The molecule has 0 spiro atoms. The third kappa shape index (κ3) is 4.24. The quantitative estimate of drug-likeness (QED) is 0.850. The molecule has 1 unspecified atom stereocenters. The molecular formula is C20H24N2O4S. The van der Waals surface area contributed by atoms with Crippen molar-refractivity contribution in [3.05, 3.63) is 40.1 Å². The van der Waals surface area contributed by atoms with Crippen molar-refractivity contribution < 1.29 is 19.1 Å². The number of carbonyl (C=O) groups is 2. The van der Waals surface area contributed by atoms with Gasteiger partial charge in [-0.15, -0.1) is 11.3 Å². The second-order valence-electron chi connectivity index (χ2n) is 6.58. The molecule has 1 aromatic heterocycles. The third-order valence-corrected chi connectivity index (χ3v) is 5.66. The van der Waals surface area contributed by atoms with E-state index in [1.165, 1.54) is 11.3 Å². The summed E-state index contributed by atoms with van der Waals surface area (Å²) >= 11 is 1.43. The van der Waals surface area contributed by atoms with Crippen LogP contribution in [0.3, 0.4) is 0 Å². The van der Waals surface area contributed by atoms with Crippen LogP contribution in [0.4, 0.5) is 5.69 Å². The van der Waals surface area contributed by atoms with Crippen LogP contribution in [-0.4, -0.2) is 44.0 Å². The van der Waals surface area contributed by atoms with Crippen LogP contribution >= 0.6 is 11.3 Å². The molecule has 1 fully saturated rings. The number of nitrogens with zero attached hydrogens (tertiary/aromatic N) is 1. The van der Waals surface area contributed by atoms with Crippen LogP contribution in [0.15, 0.2) is 29.6 Å². The molecule has 2 aromatic rings. The number of carbonyl (C=O) groups excluding carboxylic acids is 2. The smallest absolute Gasteiger partial charge is 0.263 e. The lowest BCUT2D eigenvalue weighted by Gasteiger charge is -2.32. The van der Waals surface area contributed by atoms with Crippen molar-refractivity contribution in [2.24, 2.45) is 5.92 Å². The summed E-state index contributed by atoms with van der Waals surface area (Å²) in [6, 6.07) is 7.29. The lowest BCUT2D eigenvalue weighted by Crippen LogP contribution is -2.43. The molecule has 27 heavy (non-hydrogen) atoms. The standard InChI is InChI=1S/C20H24N2O4S/c1-13-10-16(25-2)17(26-3)11-15(13)21-19(23)14-6-4-8-22(12-14)20(24)18-7-5-9-27-18/h5,7,9-11,14H,4,6,8,12H2,1-3H3,(H,21,23). The van der Waals surface area contributed by atoms with Gasteiger partial charge in [0.15, 0.2) is 11.5 Å². The van der Waals surface area contributed by atoms with Gasteiger partial charge >= 0.3 is 0 Å². The van der Waals surface area contributed by atoms with E-state index >= 15 is 0 Å². The third-order valence-electron chi connectivity index (χ3n) is 4.80. The van der Waals surface area contributed by atoms with Gasteiger partial charge in [-0.2, -0.15) is 0 Å². The van der Waals surface area contributed by atoms with E-state index in [1.54, 1.807) is 25.2 Å². The van der Waals surface area contributed by atoms with Crippen molar-refractivity contribution in [2.75, 3.05) is 32.6 Å². The molecule has 3 rings (SSSR count). The second-order valence-corrected chi connectivity index (χ2v) is 7.53. The molecule has 7 heteroatoms. The average molecular weight is 388 g/mol. The van der Waals surface area contributed by atoms with Crippen LogP contribution in [0.5, 0.6) is 11.5 Å². The maximum absolute atomic E-state index is 12.8. The largest absolute Gasteiger partial charge is 0.493 e. The van der Waals surface area contributed by atoms with E-state index < -0.39 is 0 Å². The van der Waals surface area contributed by atoms with E-state index in [4.69, 9.17) is 9.47 Å². The molecule has 2 heterocycles. The first-order chi connectivity index (χ1) is 13.0. The number of methoxy groups -OCH3 is 2. The number of ether oxygens (including phenoxy) is 2. The predicted molar refractivity (Wildman–Crippen MR) is 106 cm³/mol. The Labute approximate surface area is 163 Å². The number of rotatable bonds is 5. The van der Waals surface area contributed by atoms with E-state index in [9.17, 15) is 9.59 Å². The summed E-state index contributed by atoms with van der Waals surface area (Å²) < 4.78 is 10.6. The van der Waals surface area contributed by atoms with Crippen molar-refractivity contribution in [1.82, 2.24) is 4.90 Å². The highest BCUT2D eigenvalue weighted by Crippen LogP contribution is 2.33. The fourth-order valence-corrected chi connectivity index (χ4v) is 3.97. The Morgan fingerprint density at radius 1 is 1.22 bits per heavy atom. The summed E-state index contributed by atoms with van der Waals surface area (Å²) in [4.78, 5) is 27.9. The molecule has 1 N–H and O–H groups in total. The van der Waals surface area contributed by atoms with Gasteiger partial charge in [0, 0.05) is 24.8 Å². The minimum atomic E-state index is -0.227. The fourth-order valence-electron chi connectivity index (χ4n) is 3.28. The minimum Gasteiger partial charge on any atom is -0.493 e. The fraction of sp³-hybridized carbons (Fsp3) is 0.400. The number of anilines is 1. The van der Waals surface area contributed by atoms with Crippen LogP contribution in [0.1, 0.15) is 28.1 Å². The molecule has 0 aliphatic carbocycles. The highest BCUT2D eigenvalue weighted by atomic mass is 32.1. The van der Waals surface area contributed by atoms with Crippen molar-refractivity contribution in [1.29, 1.82) is 0 Å². The second kappa shape index (κ2) is 8.43. The van der Waals surface area contributed by atoms with Crippen molar-refractivity contribution in [3.63, 3.8) is 0 Å². The predicted octanol–water partition coefficient (Wildman–Crippen LogP) is 3.56. The topological polar surface area (TPSA) is 67.9 Å². The minimum absolute atomic E-state index is 0.00444. The molecular weight excluding hydrogens is 364 g/mol. The summed E-state index contributed by atoms with van der Waals surface area (Å²) in [5, 5.41) is 4.88. The number of hydrogen-bond acceptors (Lipinski definition) is 5. The van der Waals surface area contributed by atoms with Gasteiger partial charge < -0.3 is 19.7 Å². The highest BCUT2D eigenvalue weighted by Gasteiger charge is 2.29. The van der Waals surface area contributed by atoms with Crippen LogP contribution in [-0.2, 0) is 4.79 Å². The summed E-state index contributed by atoms with van der Waals surface area (Å²) in [5.74, 6) is 0.892. The number of benzene rings is 1. The number of likely N-dealkylation sites (tertiary alicyclic amines) is 1. The van der Waals surface area contributed by atoms with Crippen LogP contribution in [0.25, 0.3) is 0 Å². The number of thiophene rings is 1. The van der Waals surface area contributed by atoms with Crippen LogP contribution in [0, 0.1) is 12.8 Å². The van der Waals surface area contributed by atoms with E-state index in [2.05, 4.69) is 5.32 Å².